The number of alkyl carbamates (subject to hydrolysis) is 1. The Morgan fingerprint density at radius 3 is 2.12 bits per heavy atom. The summed E-state index contributed by atoms with van der Waals surface area (Å²) >= 11 is 0. The molecule has 0 saturated heterocycles. The van der Waals surface area contributed by atoms with Gasteiger partial charge in [0.25, 0.3) is 0 Å². The summed E-state index contributed by atoms with van der Waals surface area (Å²) in [6, 6.07) is 18.2. The first-order valence-corrected chi connectivity index (χ1v) is 8.57. The van der Waals surface area contributed by atoms with Gasteiger partial charge in [0.1, 0.15) is 12.2 Å². The number of ether oxygens (including phenoxy) is 2. The Kier molecular flexibility index (Phi) is 6.78. The standard InChI is InChI=1S/C21H25NO4/c1-21(2,3)26-19(23)14-18(17-12-8-5-9-13-17)22-20(24)25-15-16-10-6-4-7-11-16/h4-13,18H,14-15H2,1-3H3,(H,22,24)/t18-/m0/s1. The van der Waals surface area contributed by atoms with Crippen LogP contribution in [0.1, 0.15) is 44.4 Å². The normalized spacial score (nSPS) is 12.1. The van der Waals surface area contributed by atoms with E-state index >= 15 is 0 Å². The predicted octanol–water partition coefficient (Wildman–Crippen LogP) is 4.39. The van der Waals surface area contributed by atoms with Crippen molar-refractivity contribution in [3.8, 4) is 0 Å². The highest BCUT2D eigenvalue weighted by molar-refractivity contribution is 5.73. The van der Waals surface area contributed by atoms with Crippen molar-refractivity contribution in [1.82, 2.24) is 5.32 Å². The molecule has 0 fully saturated rings. The van der Waals surface area contributed by atoms with Gasteiger partial charge < -0.3 is 14.8 Å². The van der Waals surface area contributed by atoms with Crippen LogP contribution in [0, 0.1) is 0 Å². The Labute approximate surface area is 154 Å². The third-order valence-electron chi connectivity index (χ3n) is 3.50. The van der Waals surface area contributed by atoms with Crippen molar-refractivity contribution in [2.75, 3.05) is 0 Å². The molecule has 0 bridgehead atoms. The van der Waals surface area contributed by atoms with Crippen LogP contribution in [0.3, 0.4) is 0 Å². The molecule has 1 atom stereocenters. The van der Waals surface area contributed by atoms with Crippen molar-refractivity contribution >= 4 is 12.1 Å². The van der Waals surface area contributed by atoms with E-state index in [1.165, 1.54) is 0 Å². The van der Waals surface area contributed by atoms with Gasteiger partial charge >= 0.3 is 12.1 Å². The molecular formula is C21H25NO4. The van der Waals surface area contributed by atoms with Gasteiger partial charge in [-0.1, -0.05) is 60.7 Å². The zero-order valence-electron chi connectivity index (χ0n) is 15.4. The molecule has 0 aromatic heterocycles. The van der Waals surface area contributed by atoms with Gasteiger partial charge in [0.2, 0.25) is 0 Å². The smallest absolute Gasteiger partial charge is 0.407 e. The fourth-order valence-corrected chi connectivity index (χ4v) is 2.39. The van der Waals surface area contributed by atoms with Gasteiger partial charge in [-0.15, -0.1) is 0 Å². The second kappa shape index (κ2) is 9.04. The van der Waals surface area contributed by atoms with Gasteiger partial charge in [-0.2, -0.15) is 0 Å². The molecular weight excluding hydrogens is 330 g/mol. The van der Waals surface area contributed by atoms with Crippen molar-refractivity contribution in [3.05, 3.63) is 71.8 Å². The molecule has 0 heterocycles. The maximum absolute atomic E-state index is 12.2. The molecule has 0 unspecified atom stereocenters. The lowest BCUT2D eigenvalue weighted by Crippen LogP contribution is -2.33. The molecule has 0 aliphatic carbocycles. The second-order valence-corrected chi connectivity index (χ2v) is 6.96. The van der Waals surface area contributed by atoms with Crippen LogP contribution >= 0.6 is 0 Å². The van der Waals surface area contributed by atoms with Gasteiger partial charge in [-0.05, 0) is 31.9 Å². The molecule has 2 rings (SSSR count). The number of hydrogen-bond donors (Lipinski definition) is 1. The number of amides is 1. The summed E-state index contributed by atoms with van der Waals surface area (Å²) in [7, 11) is 0. The molecule has 5 heteroatoms. The van der Waals surface area contributed by atoms with Gasteiger partial charge in [-0.3, -0.25) is 4.79 Å². The molecule has 0 spiro atoms. The van der Waals surface area contributed by atoms with Crippen molar-refractivity contribution in [1.29, 1.82) is 0 Å². The third-order valence-corrected chi connectivity index (χ3v) is 3.50. The highest BCUT2D eigenvalue weighted by atomic mass is 16.6. The molecule has 26 heavy (non-hydrogen) atoms. The molecule has 0 aliphatic heterocycles. The summed E-state index contributed by atoms with van der Waals surface area (Å²) < 4.78 is 10.6. The molecule has 5 nitrogen and oxygen atoms in total. The number of esters is 1. The summed E-state index contributed by atoms with van der Waals surface area (Å²) in [5.74, 6) is -0.380. The molecule has 138 valence electrons. The zero-order valence-corrected chi connectivity index (χ0v) is 15.4. The lowest BCUT2D eigenvalue weighted by Gasteiger charge is -2.23. The molecule has 1 amide bonds. The second-order valence-electron chi connectivity index (χ2n) is 6.96. The van der Waals surface area contributed by atoms with Gasteiger partial charge in [-0.25, -0.2) is 4.79 Å². The Balaban J connectivity index is 1.99. The molecule has 1 N–H and O–H groups in total. The number of rotatable bonds is 6. The average molecular weight is 355 g/mol. The van der Waals surface area contributed by atoms with Crippen molar-refractivity contribution in [2.24, 2.45) is 0 Å². The highest BCUT2D eigenvalue weighted by Crippen LogP contribution is 2.19. The fourth-order valence-electron chi connectivity index (χ4n) is 2.39. The highest BCUT2D eigenvalue weighted by Gasteiger charge is 2.23. The first kappa shape index (κ1) is 19.5. The number of carbonyl (C=O) groups is 2. The van der Waals surface area contributed by atoms with Gasteiger partial charge in [0, 0.05) is 0 Å². The minimum absolute atomic E-state index is 0.0295. The molecule has 2 aromatic rings. The van der Waals surface area contributed by atoms with Crippen LogP contribution in [-0.4, -0.2) is 17.7 Å². The average Bonchev–Trinajstić information content (AvgIpc) is 2.59. The first-order chi connectivity index (χ1) is 12.3. The van der Waals surface area contributed by atoms with E-state index in [1.54, 1.807) is 0 Å². The van der Waals surface area contributed by atoms with E-state index in [2.05, 4.69) is 5.32 Å². The van der Waals surface area contributed by atoms with E-state index in [0.29, 0.717) is 0 Å². The maximum atomic E-state index is 12.2. The van der Waals surface area contributed by atoms with E-state index in [0.717, 1.165) is 11.1 Å². The van der Waals surface area contributed by atoms with E-state index in [9.17, 15) is 9.59 Å². The lowest BCUT2D eigenvalue weighted by atomic mass is 10.0. The lowest BCUT2D eigenvalue weighted by molar-refractivity contribution is -0.155. The van der Waals surface area contributed by atoms with Crippen LogP contribution in [0.5, 0.6) is 0 Å². The van der Waals surface area contributed by atoms with Crippen LogP contribution in [0.15, 0.2) is 60.7 Å². The summed E-state index contributed by atoms with van der Waals surface area (Å²) in [6.45, 7) is 5.60. The minimum atomic E-state index is -0.578. The number of hydrogen-bond acceptors (Lipinski definition) is 4. The topological polar surface area (TPSA) is 64.6 Å². The molecule has 0 radical (unpaired) electrons. The van der Waals surface area contributed by atoms with Crippen molar-refractivity contribution in [3.63, 3.8) is 0 Å². The minimum Gasteiger partial charge on any atom is -0.460 e. The van der Waals surface area contributed by atoms with E-state index < -0.39 is 17.7 Å². The Morgan fingerprint density at radius 1 is 0.962 bits per heavy atom. The summed E-state index contributed by atoms with van der Waals surface area (Å²) in [6.07, 6.45) is -0.548. The molecule has 0 aliphatic rings. The van der Waals surface area contributed by atoms with Crippen molar-refractivity contribution < 1.29 is 19.1 Å². The first-order valence-electron chi connectivity index (χ1n) is 8.57. The zero-order chi connectivity index (χ0) is 19.0. The summed E-state index contributed by atoms with van der Waals surface area (Å²) in [5, 5.41) is 2.76. The fraction of sp³-hybridized carbons (Fsp3) is 0.333. The SMILES string of the molecule is CC(C)(C)OC(=O)C[C@H](NC(=O)OCc1ccccc1)c1ccccc1. The number of carbonyl (C=O) groups excluding carboxylic acids is 2. The largest absolute Gasteiger partial charge is 0.460 e. The van der Waals surface area contributed by atoms with E-state index in [1.807, 2.05) is 81.4 Å². The van der Waals surface area contributed by atoms with Crippen LogP contribution in [0.2, 0.25) is 0 Å². The van der Waals surface area contributed by atoms with E-state index in [4.69, 9.17) is 9.47 Å². The van der Waals surface area contributed by atoms with Crippen LogP contribution in [0.4, 0.5) is 4.79 Å². The predicted molar refractivity (Wildman–Crippen MR) is 99.4 cm³/mol. The van der Waals surface area contributed by atoms with Crippen LogP contribution in [-0.2, 0) is 20.9 Å². The summed E-state index contributed by atoms with van der Waals surface area (Å²) in [4.78, 5) is 24.4. The van der Waals surface area contributed by atoms with Gasteiger partial charge in [0.15, 0.2) is 0 Å². The summed E-state index contributed by atoms with van der Waals surface area (Å²) in [5.41, 5.74) is 1.13. The van der Waals surface area contributed by atoms with E-state index in [-0.39, 0.29) is 19.0 Å². The molecule has 0 saturated carbocycles. The van der Waals surface area contributed by atoms with Crippen molar-refractivity contribution in [2.45, 2.75) is 45.4 Å². The number of benzene rings is 2. The Hall–Kier alpha value is -2.82. The quantitative estimate of drug-likeness (QED) is 0.781. The van der Waals surface area contributed by atoms with Crippen LogP contribution < -0.4 is 5.32 Å². The van der Waals surface area contributed by atoms with Gasteiger partial charge in [0.05, 0.1) is 12.5 Å². The Morgan fingerprint density at radius 2 is 1.54 bits per heavy atom. The number of nitrogens with one attached hydrogen (secondary N) is 1. The monoisotopic (exact) mass is 355 g/mol. The third kappa shape index (κ3) is 6.97. The Bertz CT molecular complexity index is 708. The molecule has 2 aromatic carbocycles. The maximum Gasteiger partial charge on any atom is 0.407 e. The van der Waals surface area contributed by atoms with Crippen LogP contribution in [0.25, 0.3) is 0 Å².